The number of alkyl halides is 2. The minimum absolute atomic E-state index is 0.0647. The number of pyridine rings is 2. The lowest BCUT2D eigenvalue weighted by Crippen LogP contribution is -2.34. The molecule has 0 saturated heterocycles. The third-order valence-electron chi connectivity index (χ3n) is 7.86. The molecule has 4 aromatic heterocycles. The summed E-state index contributed by atoms with van der Waals surface area (Å²) in [5.41, 5.74) is 4.04. The van der Waals surface area contributed by atoms with E-state index in [1.54, 1.807) is 24.1 Å². The summed E-state index contributed by atoms with van der Waals surface area (Å²) in [4.78, 5) is 23.3. The molecule has 0 aliphatic carbocycles. The average molecular weight is 667 g/mol. The number of amides is 1. The van der Waals surface area contributed by atoms with E-state index in [-0.39, 0.29) is 42.7 Å². The van der Waals surface area contributed by atoms with E-state index in [0.717, 1.165) is 29.5 Å². The SMILES string of the molecule is C=CC(=O)NC(C)c1cc(-c2nc(-c3cnc4c(c3)CN(CC(F)F)CC4)c3ccsc3c2-c2c(F)cc(F)cc2OCCO)n[nH]1. The largest absolute Gasteiger partial charge is 0.490 e. The van der Waals surface area contributed by atoms with Crippen molar-refractivity contribution < 1.29 is 32.2 Å². The fraction of sp³-hybridized carbons (Fsp3) is 0.273. The zero-order valence-electron chi connectivity index (χ0n) is 25.2. The van der Waals surface area contributed by atoms with Crippen LogP contribution in [0.1, 0.15) is 29.9 Å². The molecule has 1 aromatic carbocycles. The predicted molar refractivity (Wildman–Crippen MR) is 170 cm³/mol. The second kappa shape index (κ2) is 13.6. The van der Waals surface area contributed by atoms with Crippen LogP contribution in [-0.4, -0.2) is 68.8 Å². The number of thiophene rings is 1. The van der Waals surface area contributed by atoms with Gasteiger partial charge in [0.1, 0.15) is 35.4 Å². The van der Waals surface area contributed by atoms with Gasteiger partial charge in [-0.05, 0) is 42.1 Å². The van der Waals surface area contributed by atoms with Gasteiger partial charge in [0.15, 0.2) is 0 Å². The zero-order valence-corrected chi connectivity index (χ0v) is 26.0. The molecule has 9 nitrogen and oxygen atoms in total. The molecule has 3 N–H and O–H groups in total. The first-order valence-electron chi connectivity index (χ1n) is 14.8. The van der Waals surface area contributed by atoms with Gasteiger partial charge in [0, 0.05) is 64.7 Å². The topological polar surface area (TPSA) is 116 Å². The normalized spacial score (nSPS) is 13.9. The number of halogens is 4. The number of nitrogens with one attached hydrogen (secondary N) is 2. The van der Waals surface area contributed by atoms with E-state index in [9.17, 15) is 23.1 Å². The second-order valence-electron chi connectivity index (χ2n) is 11.0. The van der Waals surface area contributed by atoms with Crippen LogP contribution in [0, 0.1) is 11.6 Å². The Morgan fingerprint density at radius 3 is 2.83 bits per heavy atom. The average Bonchev–Trinajstić information content (AvgIpc) is 3.73. The molecular formula is C33H30F4N6O3S. The van der Waals surface area contributed by atoms with Crippen LogP contribution in [0.2, 0.25) is 0 Å². The Labute approximate surface area is 270 Å². The molecule has 5 aromatic rings. The Balaban J connectivity index is 1.56. The fourth-order valence-electron chi connectivity index (χ4n) is 5.72. The molecule has 0 spiro atoms. The molecule has 47 heavy (non-hydrogen) atoms. The lowest BCUT2D eigenvalue weighted by atomic mass is 9.95. The maximum Gasteiger partial charge on any atom is 0.251 e. The molecular weight excluding hydrogens is 636 g/mol. The summed E-state index contributed by atoms with van der Waals surface area (Å²) in [5, 5.41) is 22.0. The Bertz CT molecular complexity index is 1960. The number of aliphatic hydroxyl groups is 1. The van der Waals surface area contributed by atoms with E-state index in [2.05, 4.69) is 27.1 Å². The zero-order chi connectivity index (χ0) is 33.2. The standard InChI is InChI=1S/C33H30F4N6O3S/c1-3-28(45)39-17(2)24-13-25(42-41-24)32-30(29-22(35)11-20(34)12-26(29)46-8-7-44)33-21(5-9-47-33)31(40-32)18-10-19-15-43(16-27(36)37)6-4-23(19)38-14-18/h3,5,9-14,17,27,44H,1,4,6-8,15-16H2,2H3,(H,39,45)(H,41,42). The smallest absolute Gasteiger partial charge is 0.251 e. The monoisotopic (exact) mass is 666 g/mol. The molecule has 14 heteroatoms. The molecule has 1 aliphatic heterocycles. The summed E-state index contributed by atoms with van der Waals surface area (Å²) in [5.74, 6) is -2.28. The van der Waals surface area contributed by atoms with Gasteiger partial charge in [-0.2, -0.15) is 5.10 Å². The van der Waals surface area contributed by atoms with E-state index in [4.69, 9.17) is 9.72 Å². The van der Waals surface area contributed by atoms with Gasteiger partial charge in [0.25, 0.3) is 6.43 Å². The van der Waals surface area contributed by atoms with Gasteiger partial charge in [0.05, 0.1) is 36.1 Å². The van der Waals surface area contributed by atoms with Crippen molar-refractivity contribution in [2.45, 2.75) is 32.4 Å². The van der Waals surface area contributed by atoms with Crippen molar-refractivity contribution in [2.24, 2.45) is 0 Å². The molecule has 1 amide bonds. The van der Waals surface area contributed by atoms with Gasteiger partial charge in [0.2, 0.25) is 5.91 Å². The van der Waals surface area contributed by atoms with Crippen LogP contribution >= 0.6 is 11.3 Å². The summed E-state index contributed by atoms with van der Waals surface area (Å²) >= 11 is 1.31. The quantitative estimate of drug-likeness (QED) is 0.116. The van der Waals surface area contributed by atoms with E-state index in [1.807, 2.05) is 17.5 Å². The first-order chi connectivity index (χ1) is 22.7. The minimum Gasteiger partial charge on any atom is -0.490 e. The number of hydrogen-bond donors (Lipinski definition) is 3. The predicted octanol–water partition coefficient (Wildman–Crippen LogP) is 6.05. The maximum atomic E-state index is 15.8. The summed E-state index contributed by atoms with van der Waals surface area (Å²) in [6, 6.07) is 6.69. The summed E-state index contributed by atoms with van der Waals surface area (Å²) < 4.78 is 62.9. The summed E-state index contributed by atoms with van der Waals surface area (Å²) in [6.07, 6.45) is 0.904. The van der Waals surface area contributed by atoms with Crippen LogP contribution in [0.25, 0.3) is 43.9 Å². The highest BCUT2D eigenvalue weighted by Gasteiger charge is 2.28. The van der Waals surface area contributed by atoms with Gasteiger partial charge in [-0.3, -0.25) is 19.8 Å². The van der Waals surface area contributed by atoms with Gasteiger partial charge >= 0.3 is 0 Å². The first-order valence-corrected chi connectivity index (χ1v) is 15.7. The molecule has 6 rings (SSSR count). The van der Waals surface area contributed by atoms with Gasteiger partial charge < -0.3 is 15.2 Å². The third-order valence-corrected chi connectivity index (χ3v) is 8.80. The van der Waals surface area contributed by atoms with Gasteiger partial charge in [-0.15, -0.1) is 11.3 Å². The number of nitrogens with zero attached hydrogens (tertiary/aromatic N) is 4. The number of ether oxygens (including phenoxy) is 1. The van der Waals surface area contributed by atoms with Crippen LogP contribution in [0.4, 0.5) is 17.6 Å². The maximum absolute atomic E-state index is 15.8. The van der Waals surface area contributed by atoms with Gasteiger partial charge in [-0.1, -0.05) is 6.58 Å². The highest BCUT2D eigenvalue weighted by atomic mass is 32.1. The van der Waals surface area contributed by atoms with E-state index in [1.165, 1.54) is 11.3 Å². The van der Waals surface area contributed by atoms with E-state index >= 15 is 4.39 Å². The number of hydrogen-bond acceptors (Lipinski definition) is 8. The first kappa shape index (κ1) is 32.3. The number of aromatic nitrogens is 4. The van der Waals surface area contributed by atoms with Crippen LogP contribution in [0.15, 0.2) is 54.6 Å². The number of H-pyrrole nitrogens is 1. The lowest BCUT2D eigenvalue weighted by molar-refractivity contribution is -0.117. The molecule has 1 unspecified atom stereocenters. The number of benzene rings is 1. The number of rotatable bonds is 11. The molecule has 5 heterocycles. The molecule has 0 saturated carbocycles. The Kier molecular flexibility index (Phi) is 9.34. The summed E-state index contributed by atoms with van der Waals surface area (Å²) in [7, 11) is 0. The highest BCUT2D eigenvalue weighted by molar-refractivity contribution is 7.18. The van der Waals surface area contributed by atoms with E-state index in [0.29, 0.717) is 57.8 Å². The fourth-order valence-corrected chi connectivity index (χ4v) is 6.67. The molecule has 0 bridgehead atoms. The van der Waals surface area contributed by atoms with Crippen molar-refractivity contribution in [3.63, 3.8) is 0 Å². The number of aliphatic hydroxyl groups excluding tert-OH is 1. The van der Waals surface area contributed by atoms with Crippen molar-refractivity contribution in [2.75, 3.05) is 26.3 Å². The van der Waals surface area contributed by atoms with E-state index < -0.39 is 24.1 Å². The van der Waals surface area contributed by atoms with Gasteiger partial charge in [-0.25, -0.2) is 22.5 Å². The number of carbonyl (C=O) groups is 1. The Morgan fingerprint density at radius 1 is 1.23 bits per heavy atom. The second-order valence-corrected chi connectivity index (χ2v) is 11.9. The number of carbonyl (C=O) groups excluding carboxylic acids is 1. The van der Waals surface area contributed by atoms with Crippen molar-refractivity contribution in [3.05, 3.63) is 83.1 Å². The van der Waals surface area contributed by atoms with Crippen molar-refractivity contribution >= 4 is 27.3 Å². The van der Waals surface area contributed by atoms with Crippen LogP contribution in [0.3, 0.4) is 0 Å². The number of aromatic amines is 1. The Hall–Kier alpha value is -4.66. The van der Waals surface area contributed by atoms with Crippen molar-refractivity contribution in [3.8, 4) is 39.5 Å². The van der Waals surface area contributed by atoms with Crippen molar-refractivity contribution in [1.82, 2.24) is 30.4 Å². The molecule has 1 atom stereocenters. The molecule has 1 aliphatic rings. The third kappa shape index (κ3) is 6.62. The van der Waals surface area contributed by atoms with Crippen LogP contribution < -0.4 is 10.1 Å². The highest BCUT2D eigenvalue weighted by Crippen LogP contribution is 2.47. The Morgan fingerprint density at radius 2 is 2.06 bits per heavy atom. The van der Waals surface area contributed by atoms with Crippen molar-refractivity contribution in [1.29, 1.82) is 0 Å². The molecule has 0 fully saturated rings. The lowest BCUT2D eigenvalue weighted by Gasteiger charge is -2.28. The van der Waals surface area contributed by atoms with Crippen LogP contribution in [-0.2, 0) is 17.8 Å². The minimum atomic E-state index is -2.46. The molecule has 244 valence electrons. The number of fused-ring (bicyclic) bond motifs is 2. The van der Waals surface area contributed by atoms with Crippen LogP contribution in [0.5, 0.6) is 5.75 Å². The molecule has 0 radical (unpaired) electrons. The summed E-state index contributed by atoms with van der Waals surface area (Å²) in [6.45, 7) is 5.08.